The zero-order chi connectivity index (χ0) is 18.9. The zero-order valence-electron chi connectivity index (χ0n) is 13.0. The Morgan fingerprint density at radius 2 is 1.04 bits per heavy atom. The first-order valence-electron chi connectivity index (χ1n) is 7.44. The normalized spacial score (nSPS) is 16.2. The summed E-state index contributed by atoms with van der Waals surface area (Å²) in [5, 5.41) is -0.538. The summed E-state index contributed by atoms with van der Waals surface area (Å²) in [4.78, 5) is 50.9. The van der Waals surface area contributed by atoms with Gasteiger partial charge in [0.25, 0.3) is 23.6 Å². The van der Waals surface area contributed by atoms with Gasteiger partial charge in [0.05, 0.1) is 35.6 Å². The van der Waals surface area contributed by atoms with Crippen molar-refractivity contribution in [1.82, 2.24) is 9.80 Å². The maximum Gasteiger partial charge on any atom is 0.265 e. The third-order valence-electron chi connectivity index (χ3n) is 4.54. The van der Waals surface area contributed by atoms with E-state index in [0.29, 0.717) is 9.80 Å². The van der Waals surface area contributed by atoms with Crippen molar-refractivity contribution in [3.05, 3.63) is 46.0 Å². The van der Waals surface area contributed by atoms with Gasteiger partial charge in [0.2, 0.25) is 0 Å². The summed E-state index contributed by atoms with van der Waals surface area (Å²) in [5.41, 5.74) is 8.99. The molecule has 10 heteroatoms. The number of halogens is 2. The van der Waals surface area contributed by atoms with Crippen molar-refractivity contribution in [2.45, 2.75) is 0 Å². The average Bonchev–Trinajstić information content (AvgIpc) is 2.59. The Morgan fingerprint density at radius 3 is 1.35 bits per heavy atom. The lowest BCUT2D eigenvalue weighted by molar-refractivity contribution is 0.0588. The number of carbonyl (C=O) groups is 4. The van der Waals surface area contributed by atoms with Crippen molar-refractivity contribution in [1.29, 1.82) is 0 Å². The minimum atomic E-state index is -1.08. The van der Waals surface area contributed by atoms with Gasteiger partial charge in [-0.2, -0.15) is 0 Å². The Kier molecular flexibility index (Phi) is 3.20. The maximum atomic E-state index is 14.6. The summed E-state index contributed by atoms with van der Waals surface area (Å²) in [6, 6.07) is 1.48. The maximum absolute atomic E-state index is 14.6. The molecule has 0 atom stereocenters. The van der Waals surface area contributed by atoms with E-state index in [1.807, 2.05) is 0 Å². The van der Waals surface area contributed by atoms with Crippen LogP contribution in [0.2, 0.25) is 0 Å². The fraction of sp³-hybridized carbons (Fsp3) is 0.125. The van der Waals surface area contributed by atoms with E-state index in [1.165, 1.54) is 0 Å². The van der Waals surface area contributed by atoms with E-state index in [0.717, 1.165) is 12.1 Å². The van der Waals surface area contributed by atoms with Gasteiger partial charge in [-0.05, 0) is 12.1 Å². The summed E-state index contributed by atoms with van der Waals surface area (Å²) in [5.74, 6) is -6.08. The minimum absolute atomic E-state index is 0.269. The lowest BCUT2D eigenvalue weighted by atomic mass is 9.85. The van der Waals surface area contributed by atoms with E-state index < -0.39 is 59.7 Å². The molecular formula is C16H10F2N4O4. The van der Waals surface area contributed by atoms with Crippen LogP contribution in [-0.2, 0) is 0 Å². The quantitative estimate of drug-likeness (QED) is 0.734. The molecule has 4 amide bonds. The van der Waals surface area contributed by atoms with Crippen molar-refractivity contribution in [3.8, 4) is 0 Å². The number of carbonyl (C=O) groups excluding carboxylic acids is 4. The highest BCUT2D eigenvalue weighted by molar-refractivity contribution is 6.33. The van der Waals surface area contributed by atoms with Gasteiger partial charge in [-0.15, -0.1) is 0 Å². The molecule has 2 heterocycles. The molecule has 2 aliphatic rings. The van der Waals surface area contributed by atoms with Crippen molar-refractivity contribution < 1.29 is 28.0 Å². The molecule has 2 aromatic carbocycles. The topological polar surface area (TPSA) is 127 Å². The van der Waals surface area contributed by atoms with E-state index in [4.69, 9.17) is 11.5 Å². The molecule has 0 radical (unpaired) electrons. The van der Waals surface area contributed by atoms with Crippen LogP contribution >= 0.6 is 0 Å². The largest absolute Gasteiger partial charge is 0.313 e. The van der Waals surface area contributed by atoms with Gasteiger partial charge in [-0.1, -0.05) is 0 Å². The van der Waals surface area contributed by atoms with Gasteiger partial charge in [0, 0.05) is 10.8 Å². The third kappa shape index (κ3) is 1.71. The Balaban J connectivity index is 2.24. The highest BCUT2D eigenvalue weighted by atomic mass is 19.1. The molecule has 2 aliphatic heterocycles. The van der Waals surface area contributed by atoms with Gasteiger partial charge in [-0.3, -0.25) is 29.0 Å². The van der Waals surface area contributed by atoms with E-state index in [-0.39, 0.29) is 21.9 Å². The van der Waals surface area contributed by atoms with Crippen molar-refractivity contribution in [2.24, 2.45) is 11.5 Å². The van der Waals surface area contributed by atoms with Crippen molar-refractivity contribution >= 4 is 34.4 Å². The van der Waals surface area contributed by atoms with E-state index in [1.54, 1.807) is 0 Å². The van der Waals surface area contributed by atoms with Crippen LogP contribution in [0.3, 0.4) is 0 Å². The molecule has 0 aliphatic carbocycles. The van der Waals surface area contributed by atoms with Gasteiger partial charge in [-0.25, -0.2) is 8.78 Å². The Labute approximate surface area is 143 Å². The number of benzene rings is 2. The standard InChI is InChI=1S/C16H10F2N4O4/c17-7-1-5-9-10-6(14(24)22(4-20)15(25)11(7)10)2-8(18)12(9)16(26)21(3-19)13(5)23/h1-2H,3-4,19-20H2. The van der Waals surface area contributed by atoms with Gasteiger partial charge < -0.3 is 11.5 Å². The first-order valence-corrected chi connectivity index (χ1v) is 7.44. The van der Waals surface area contributed by atoms with Crippen molar-refractivity contribution in [3.63, 3.8) is 0 Å². The van der Waals surface area contributed by atoms with Crippen LogP contribution in [0.4, 0.5) is 8.78 Å². The third-order valence-corrected chi connectivity index (χ3v) is 4.54. The Morgan fingerprint density at radius 1 is 0.692 bits per heavy atom. The second-order valence-electron chi connectivity index (χ2n) is 5.75. The number of nitrogens with zero attached hydrogens (tertiary/aromatic N) is 2. The number of hydrogen-bond donors (Lipinski definition) is 2. The molecule has 132 valence electrons. The number of hydrogen-bond acceptors (Lipinski definition) is 6. The number of amides is 4. The van der Waals surface area contributed by atoms with Gasteiger partial charge in [0.15, 0.2) is 0 Å². The number of imide groups is 2. The van der Waals surface area contributed by atoms with E-state index in [9.17, 15) is 28.0 Å². The fourth-order valence-corrected chi connectivity index (χ4v) is 3.40. The molecule has 4 rings (SSSR count). The van der Waals surface area contributed by atoms with Crippen LogP contribution in [0.15, 0.2) is 12.1 Å². The number of nitrogens with two attached hydrogens (primary N) is 2. The molecule has 0 spiro atoms. The van der Waals surface area contributed by atoms with Crippen LogP contribution in [0.25, 0.3) is 10.8 Å². The van der Waals surface area contributed by atoms with Crippen LogP contribution in [0, 0.1) is 11.6 Å². The van der Waals surface area contributed by atoms with Crippen LogP contribution in [0.1, 0.15) is 41.4 Å². The molecule has 0 bridgehead atoms. The fourth-order valence-electron chi connectivity index (χ4n) is 3.40. The minimum Gasteiger partial charge on any atom is -0.313 e. The van der Waals surface area contributed by atoms with E-state index in [2.05, 4.69) is 0 Å². The molecule has 4 N–H and O–H groups in total. The molecule has 2 aromatic rings. The SMILES string of the molecule is NCN1C(=O)c2cc(F)c3c4c(cc(F)c(c24)C1=O)C(=O)N(CN)C3=O. The first-order chi connectivity index (χ1) is 12.3. The molecule has 0 saturated carbocycles. The van der Waals surface area contributed by atoms with E-state index >= 15 is 0 Å². The highest BCUT2D eigenvalue weighted by Gasteiger charge is 2.42. The smallest absolute Gasteiger partial charge is 0.265 e. The number of rotatable bonds is 2. The first kappa shape index (κ1) is 16.2. The predicted octanol–water partition coefficient (Wildman–Crippen LogP) is 0.142. The Bertz CT molecular complexity index is 997. The second kappa shape index (κ2) is 5.13. The summed E-state index contributed by atoms with van der Waals surface area (Å²) in [6.45, 7) is -1.08. The summed E-state index contributed by atoms with van der Waals surface area (Å²) < 4.78 is 29.3. The monoisotopic (exact) mass is 360 g/mol. The lowest BCUT2D eigenvalue weighted by Gasteiger charge is -2.31. The highest BCUT2D eigenvalue weighted by Crippen LogP contribution is 2.40. The average molecular weight is 360 g/mol. The molecule has 8 nitrogen and oxygen atoms in total. The van der Waals surface area contributed by atoms with Crippen LogP contribution < -0.4 is 11.5 Å². The summed E-state index contributed by atoms with van der Waals surface area (Å²) in [7, 11) is 0. The molecular weight excluding hydrogens is 350 g/mol. The summed E-state index contributed by atoms with van der Waals surface area (Å²) in [6.07, 6.45) is 0. The predicted molar refractivity (Wildman–Crippen MR) is 83.0 cm³/mol. The van der Waals surface area contributed by atoms with Crippen LogP contribution in [-0.4, -0.2) is 46.8 Å². The van der Waals surface area contributed by atoms with Gasteiger partial charge >= 0.3 is 0 Å². The van der Waals surface area contributed by atoms with Crippen LogP contribution in [0.5, 0.6) is 0 Å². The van der Waals surface area contributed by atoms with Gasteiger partial charge in [0.1, 0.15) is 11.6 Å². The second-order valence-corrected chi connectivity index (χ2v) is 5.75. The zero-order valence-corrected chi connectivity index (χ0v) is 13.0. The lowest BCUT2D eigenvalue weighted by Crippen LogP contribution is -2.47. The molecule has 0 unspecified atom stereocenters. The molecule has 0 aromatic heterocycles. The Hall–Kier alpha value is -3.24. The molecule has 26 heavy (non-hydrogen) atoms. The summed E-state index contributed by atoms with van der Waals surface area (Å²) >= 11 is 0. The van der Waals surface area contributed by atoms with Crippen molar-refractivity contribution in [2.75, 3.05) is 13.3 Å². The molecule has 0 saturated heterocycles. The molecule has 0 fully saturated rings.